The number of aromatic hydroxyl groups is 2. The summed E-state index contributed by atoms with van der Waals surface area (Å²) in [5.74, 6) is -2.39. The van der Waals surface area contributed by atoms with Crippen molar-refractivity contribution in [1.82, 2.24) is 9.47 Å². The quantitative estimate of drug-likeness (QED) is 0.307. The van der Waals surface area contributed by atoms with Gasteiger partial charge in [-0.05, 0) is 31.2 Å². The summed E-state index contributed by atoms with van der Waals surface area (Å²) in [6.07, 6.45) is 0. The van der Waals surface area contributed by atoms with Gasteiger partial charge in [-0.3, -0.25) is 9.36 Å². The number of aromatic nitrogens is 1. The fraction of sp³-hybridized carbons (Fsp3) is 0.478. The van der Waals surface area contributed by atoms with Gasteiger partial charge in [0.25, 0.3) is 5.91 Å². The van der Waals surface area contributed by atoms with E-state index in [1.165, 1.54) is 23.6 Å². The van der Waals surface area contributed by atoms with Crippen molar-refractivity contribution in [2.75, 3.05) is 67.5 Å². The molecule has 1 aromatic heterocycles. The van der Waals surface area contributed by atoms with E-state index in [1.54, 1.807) is 38.3 Å². The molecule has 2 aromatic rings. The van der Waals surface area contributed by atoms with Crippen LogP contribution in [0.25, 0.3) is 5.69 Å². The lowest BCUT2D eigenvalue weighted by Gasteiger charge is -2.16. The van der Waals surface area contributed by atoms with Crippen molar-refractivity contribution in [3.05, 3.63) is 35.7 Å². The number of esters is 1. The highest BCUT2D eigenvalue weighted by Gasteiger charge is 2.33. The summed E-state index contributed by atoms with van der Waals surface area (Å²) in [4.78, 5) is 26.4. The van der Waals surface area contributed by atoms with Gasteiger partial charge in [0.05, 0.1) is 39.6 Å². The predicted molar refractivity (Wildman–Crippen MR) is 122 cm³/mol. The van der Waals surface area contributed by atoms with Crippen molar-refractivity contribution in [2.45, 2.75) is 6.92 Å². The second kappa shape index (κ2) is 13.4. The molecule has 34 heavy (non-hydrogen) atoms. The Hall–Kier alpha value is -3.28. The maximum absolute atomic E-state index is 12.7. The number of rotatable bonds is 14. The second-order valence-corrected chi connectivity index (χ2v) is 7.21. The molecule has 1 heterocycles. The van der Waals surface area contributed by atoms with Crippen LogP contribution < -0.4 is 4.74 Å². The van der Waals surface area contributed by atoms with Gasteiger partial charge in [-0.2, -0.15) is 0 Å². The highest BCUT2D eigenvalue weighted by atomic mass is 16.6. The van der Waals surface area contributed by atoms with Crippen molar-refractivity contribution in [3.8, 4) is 22.9 Å². The van der Waals surface area contributed by atoms with E-state index in [0.29, 0.717) is 51.1 Å². The summed E-state index contributed by atoms with van der Waals surface area (Å²) in [6.45, 7) is 4.28. The van der Waals surface area contributed by atoms with Gasteiger partial charge in [0.1, 0.15) is 12.4 Å². The number of nitrogens with zero attached hydrogens (tertiary/aromatic N) is 2. The largest absolute Gasteiger partial charge is 0.503 e. The zero-order valence-electron chi connectivity index (χ0n) is 19.9. The minimum atomic E-state index is -0.878. The van der Waals surface area contributed by atoms with Crippen molar-refractivity contribution >= 4 is 11.9 Å². The Morgan fingerprint density at radius 2 is 1.44 bits per heavy atom. The van der Waals surface area contributed by atoms with Crippen LogP contribution in [0.3, 0.4) is 0 Å². The molecule has 188 valence electrons. The van der Waals surface area contributed by atoms with Gasteiger partial charge in [-0.15, -0.1) is 0 Å². The molecule has 11 heteroatoms. The lowest BCUT2D eigenvalue weighted by molar-refractivity contribution is 0.0180. The van der Waals surface area contributed by atoms with Gasteiger partial charge in [0, 0.05) is 26.9 Å². The molecule has 0 saturated heterocycles. The molecule has 1 aromatic carbocycles. The van der Waals surface area contributed by atoms with E-state index in [0.717, 1.165) is 0 Å². The minimum absolute atomic E-state index is 0.0509. The number of ether oxygens (including phenoxy) is 5. The average molecular weight is 481 g/mol. The van der Waals surface area contributed by atoms with Gasteiger partial charge in [0.2, 0.25) is 0 Å². The molecule has 0 bridgehead atoms. The van der Waals surface area contributed by atoms with Gasteiger partial charge < -0.3 is 38.8 Å². The molecule has 2 rings (SSSR count). The van der Waals surface area contributed by atoms with E-state index in [1.807, 2.05) is 0 Å². The average Bonchev–Trinajstić information content (AvgIpc) is 3.08. The number of hydrogen-bond donors (Lipinski definition) is 2. The van der Waals surface area contributed by atoms with Gasteiger partial charge in [-0.25, -0.2) is 4.79 Å². The molecule has 2 N–H and O–H groups in total. The zero-order chi connectivity index (χ0) is 25.1. The Labute approximate surface area is 198 Å². The molecule has 0 saturated carbocycles. The van der Waals surface area contributed by atoms with E-state index < -0.39 is 23.4 Å². The number of carbonyl (C=O) groups is 2. The van der Waals surface area contributed by atoms with Crippen LogP contribution >= 0.6 is 0 Å². The first-order chi connectivity index (χ1) is 16.3. The first kappa shape index (κ1) is 27.0. The van der Waals surface area contributed by atoms with E-state index in [2.05, 4.69) is 0 Å². The van der Waals surface area contributed by atoms with Crippen molar-refractivity contribution in [1.29, 1.82) is 0 Å². The highest BCUT2D eigenvalue weighted by molar-refractivity contribution is 6.02. The van der Waals surface area contributed by atoms with Crippen LogP contribution in [0.15, 0.2) is 24.3 Å². The molecular formula is C23H32N2O9. The first-order valence-electron chi connectivity index (χ1n) is 10.8. The number of carbonyl (C=O) groups excluding carboxylic acids is 2. The fourth-order valence-electron chi connectivity index (χ4n) is 2.98. The number of methoxy groups -OCH3 is 1. The molecule has 0 unspecified atom stereocenters. The third-order valence-electron chi connectivity index (χ3n) is 4.59. The molecule has 1 amide bonds. The molecule has 0 spiro atoms. The zero-order valence-corrected chi connectivity index (χ0v) is 19.9. The first-order valence-corrected chi connectivity index (χ1v) is 10.8. The number of benzene rings is 1. The Balaban J connectivity index is 2.12. The molecule has 0 aliphatic heterocycles. The molecular weight excluding hydrogens is 448 g/mol. The molecule has 0 aliphatic rings. The number of hydrogen-bond acceptors (Lipinski definition) is 9. The lowest BCUT2D eigenvalue weighted by atomic mass is 10.2. The predicted octanol–water partition coefficient (Wildman–Crippen LogP) is 1.83. The highest BCUT2D eigenvalue weighted by Crippen LogP contribution is 2.39. The van der Waals surface area contributed by atoms with Crippen LogP contribution in [0.2, 0.25) is 0 Å². The summed E-state index contributed by atoms with van der Waals surface area (Å²) in [5.41, 5.74) is -0.264. The van der Waals surface area contributed by atoms with Gasteiger partial charge >= 0.3 is 5.97 Å². The SMILES string of the molecule is CCOC(=O)c1c(O)c(O)c(C(=O)N(C)C)n1-c1ccc(OCCOCCOCCOC)cc1. The summed E-state index contributed by atoms with van der Waals surface area (Å²) in [7, 11) is 4.59. The molecule has 0 radical (unpaired) electrons. The normalized spacial score (nSPS) is 10.8. The Kier molecular flexibility index (Phi) is 10.7. The van der Waals surface area contributed by atoms with Crippen molar-refractivity contribution in [3.63, 3.8) is 0 Å². The van der Waals surface area contributed by atoms with Crippen LogP contribution in [0.1, 0.15) is 27.9 Å². The van der Waals surface area contributed by atoms with E-state index in [9.17, 15) is 19.8 Å². The lowest BCUT2D eigenvalue weighted by Crippen LogP contribution is -2.25. The number of amides is 1. The summed E-state index contributed by atoms with van der Waals surface area (Å²) >= 11 is 0. The maximum atomic E-state index is 12.7. The summed E-state index contributed by atoms with van der Waals surface area (Å²) in [6, 6.07) is 6.45. The van der Waals surface area contributed by atoms with Crippen LogP contribution in [0, 0.1) is 0 Å². The van der Waals surface area contributed by atoms with Crippen LogP contribution in [0.5, 0.6) is 17.2 Å². The Morgan fingerprint density at radius 3 is 2.00 bits per heavy atom. The smallest absolute Gasteiger partial charge is 0.359 e. The van der Waals surface area contributed by atoms with Crippen LogP contribution in [-0.4, -0.2) is 99.0 Å². The van der Waals surface area contributed by atoms with Crippen LogP contribution in [-0.2, 0) is 18.9 Å². The monoisotopic (exact) mass is 480 g/mol. The third kappa shape index (κ3) is 6.86. The van der Waals surface area contributed by atoms with Crippen molar-refractivity contribution < 1.29 is 43.5 Å². The Bertz CT molecular complexity index is 939. The molecule has 0 atom stereocenters. The molecule has 11 nitrogen and oxygen atoms in total. The molecule has 0 fully saturated rings. The van der Waals surface area contributed by atoms with Gasteiger partial charge in [0.15, 0.2) is 22.9 Å². The summed E-state index contributed by atoms with van der Waals surface area (Å²) < 4.78 is 27.4. The van der Waals surface area contributed by atoms with Crippen molar-refractivity contribution in [2.24, 2.45) is 0 Å². The summed E-state index contributed by atoms with van der Waals surface area (Å²) in [5, 5.41) is 20.8. The fourth-order valence-corrected chi connectivity index (χ4v) is 2.98. The minimum Gasteiger partial charge on any atom is -0.503 e. The molecule has 0 aliphatic carbocycles. The van der Waals surface area contributed by atoms with Gasteiger partial charge in [-0.1, -0.05) is 0 Å². The topological polar surface area (TPSA) is 129 Å². The second-order valence-electron chi connectivity index (χ2n) is 7.21. The maximum Gasteiger partial charge on any atom is 0.359 e. The standard InChI is InChI=1S/C23H32N2O9/c1-5-33-23(29)19-21(27)20(26)18(22(28)24(2)3)25(19)16-6-8-17(9-7-16)34-15-14-32-13-12-31-11-10-30-4/h6-9,26-27H,5,10-15H2,1-4H3. The van der Waals surface area contributed by atoms with Crippen LogP contribution in [0.4, 0.5) is 0 Å². The van der Waals surface area contributed by atoms with E-state index in [4.69, 9.17) is 23.7 Å². The van der Waals surface area contributed by atoms with E-state index >= 15 is 0 Å². The van der Waals surface area contributed by atoms with E-state index in [-0.39, 0.29) is 18.0 Å². The third-order valence-corrected chi connectivity index (χ3v) is 4.59. The Morgan fingerprint density at radius 1 is 0.882 bits per heavy atom.